The Labute approximate surface area is 177 Å². The molecular formula is C24H31NO5. The van der Waals surface area contributed by atoms with Gasteiger partial charge in [0.2, 0.25) is 0 Å². The van der Waals surface area contributed by atoms with Crippen LogP contribution in [0.1, 0.15) is 49.9 Å². The molecule has 6 nitrogen and oxygen atoms in total. The highest BCUT2D eigenvalue weighted by atomic mass is 16.5. The van der Waals surface area contributed by atoms with Crippen molar-refractivity contribution in [1.29, 1.82) is 0 Å². The summed E-state index contributed by atoms with van der Waals surface area (Å²) in [5.74, 6) is 1.66. The van der Waals surface area contributed by atoms with Gasteiger partial charge in [-0.15, -0.1) is 0 Å². The summed E-state index contributed by atoms with van der Waals surface area (Å²) >= 11 is 0. The molecule has 3 rings (SSSR count). The molecule has 0 saturated heterocycles. The first-order valence-electron chi connectivity index (χ1n) is 10.7. The topological polar surface area (TPSA) is 85.0 Å². The number of hydrogen-bond donors (Lipinski definition) is 2. The molecule has 0 radical (unpaired) electrons. The Hall–Kier alpha value is -2.57. The lowest BCUT2D eigenvalue weighted by atomic mass is 10.0. The normalized spacial score (nSPS) is 11.4. The zero-order valence-corrected chi connectivity index (χ0v) is 17.8. The molecule has 0 saturated carbocycles. The van der Waals surface area contributed by atoms with E-state index in [4.69, 9.17) is 24.2 Å². The summed E-state index contributed by atoms with van der Waals surface area (Å²) in [6, 6.07) is 11.8. The maximum Gasteiger partial charge on any atom is 0.174 e. The Morgan fingerprint density at radius 3 is 2.43 bits per heavy atom. The fraction of sp³-hybridized carbons (Fsp3) is 0.458. The van der Waals surface area contributed by atoms with E-state index in [1.807, 2.05) is 36.4 Å². The quantitative estimate of drug-likeness (QED) is 0.337. The lowest BCUT2D eigenvalue weighted by Gasteiger charge is -2.12. The van der Waals surface area contributed by atoms with Gasteiger partial charge in [0.05, 0.1) is 18.9 Å². The summed E-state index contributed by atoms with van der Waals surface area (Å²) in [6.07, 6.45) is 3.20. The molecule has 0 aliphatic rings. The summed E-state index contributed by atoms with van der Waals surface area (Å²) in [5, 5.41) is 23.1. The standard InChI is InChI=1S/C24H31NO5/c1-3-6-20-22(13-12-19-21(4-2)25-30-24(19)20)29-16-5-15-28-18-10-7-17(8-11-18)9-14-23(26)27/h7-8,10-13,23,26-27H,3-6,9,14-16H2,1-2H3. The van der Waals surface area contributed by atoms with Crippen LogP contribution in [0.4, 0.5) is 0 Å². The molecule has 0 unspecified atom stereocenters. The van der Waals surface area contributed by atoms with Crippen LogP contribution in [0.15, 0.2) is 40.9 Å². The summed E-state index contributed by atoms with van der Waals surface area (Å²) < 4.78 is 17.4. The summed E-state index contributed by atoms with van der Waals surface area (Å²) in [7, 11) is 0. The number of ether oxygens (including phenoxy) is 2. The minimum Gasteiger partial charge on any atom is -0.493 e. The first-order chi connectivity index (χ1) is 14.6. The van der Waals surface area contributed by atoms with Crippen molar-refractivity contribution >= 4 is 11.0 Å². The van der Waals surface area contributed by atoms with Crippen LogP contribution < -0.4 is 9.47 Å². The smallest absolute Gasteiger partial charge is 0.174 e. The molecule has 6 heteroatoms. The fourth-order valence-corrected chi connectivity index (χ4v) is 3.45. The molecule has 0 fully saturated rings. The van der Waals surface area contributed by atoms with E-state index in [1.54, 1.807) is 0 Å². The average Bonchev–Trinajstić information content (AvgIpc) is 3.17. The van der Waals surface area contributed by atoms with Gasteiger partial charge >= 0.3 is 0 Å². The van der Waals surface area contributed by atoms with Crippen molar-refractivity contribution in [2.75, 3.05) is 13.2 Å². The monoisotopic (exact) mass is 413 g/mol. The maximum absolute atomic E-state index is 8.94. The zero-order valence-electron chi connectivity index (χ0n) is 17.8. The second-order valence-electron chi connectivity index (χ2n) is 7.37. The van der Waals surface area contributed by atoms with Gasteiger partial charge in [0, 0.05) is 23.8 Å². The first kappa shape index (κ1) is 22.1. The van der Waals surface area contributed by atoms with Gasteiger partial charge in [-0.25, -0.2) is 0 Å². The molecule has 162 valence electrons. The number of aryl methyl sites for hydroxylation is 3. The van der Waals surface area contributed by atoms with Crippen molar-refractivity contribution in [3.63, 3.8) is 0 Å². The van der Waals surface area contributed by atoms with Crippen LogP contribution >= 0.6 is 0 Å². The van der Waals surface area contributed by atoms with Crippen LogP contribution in [0.25, 0.3) is 11.0 Å². The Balaban J connectivity index is 1.49. The number of rotatable bonds is 12. The predicted octanol–water partition coefficient (Wildman–Crippen LogP) is 4.43. The summed E-state index contributed by atoms with van der Waals surface area (Å²) in [6.45, 7) is 5.34. The first-order valence-corrected chi connectivity index (χ1v) is 10.7. The van der Waals surface area contributed by atoms with Crippen molar-refractivity contribution in [1.82, 2.24) is 5.16 Å². The number of hydrogen-bond acceptors (Lipinski definition) is 6. The molecule has 0 spiro atoms. The Morgan fingerprint density at radius 1 is 0.967 bits per heavy atom. The number of fused-ring (bicyclic) bond motifs is 1. The van der Waals surface area contributed by atoms with E-state index in [0.29, 0.717) is 26.1 Å². The van der Waals surface area contributed by atoms with Gasteiger partial charge in [0.15, 0.2) is 11.9 Å². The van der Waals surface area contributed by atoms with E-state index in [-0.39, 0.29) is 0 Å². The van der Waals surface area contributed by atoms with Crippen LogP contribution in [0.3, 0.4) is 0 Å². The molecule has 30 heavy (non-hydrogen) atoms. The van der Waals surface area contributed by atoms with Crippen LogP contribution in [0.2, 0.25) is 0 Å². The molecular weight excluding hydrogens is 382 g/mol. The van der Waals surface area contributed by atoms with Crippen LogP contribution in [0, 0.1) is 0 Å². The molecule has 2 aromatic carbocycles. The fourth-order valence-electron chi connectivity index (χ4n) is 3.45. The summed E-state index contributed by atoms with van der Waals surface area (Å²) in [4.78, 5) is 0. The van der Waals surface area contributed by atoms with Gasteiger partial charge in [-0.3, -0.25) is 0 Å². The molecule has 0 bridgehead atoms. The van der Waals surface area contributed by atoms with E-state index >= 15 is 0 Å². The Kier molecular flexibility index (Phi) is 8.11. The van der Waals surface area contributed by atoms with E-state index in [9.17, 15) is 0 Å². The van der Waals surface area contributed by atoms with Crippen LogP contribution in [0.5, 0.6) is 11.5 Å². The second-order valence-corrected chi connectivity index (χ2v) is 7.37. The average molecular weight is 414 g/mol. The van der Waals surface area contributed by atoms with E-state index in [1.165, 1.54) is 0 Å². The third-order valence-electron chi connectivity index (χ3n) is 5.04. The number of benzene rings is 2. The van der Waals surface area contributed by atoms with E-state index in [0.717, 1.165) is 65.0 Å². The van der Waals surface area contributed by atoms with Gasteiger partial charge < -0.3 is 24.2 Å². The maximum atomic E-state index is 8.94. The number of aliphatic hydroxyl groups is 2. The highest BCUT2D eigenvalue weighted by Crippen LogP contribution is 2.31. The molecule has 1 aromatic heterocycles. The highest BCUT2D eigenvalue weighted by molar-refractivity contribution is 5.84. The number of aromatic nitrogens is 1. The van der Waals surface area contributed by atoms with E-state index in [2.05, 4.69) is 19.0 Å². The minimum absolute atomic E-state index is 0.331. The third-order valence-corrected chi connectivity index (χ3v) is 5.04. The van der Waals surface area contributed by atoms with Gasteiger partial charge in [-0.1, -0.05) is 37.6 Å². The lowest BCUT2D eigenvalue weighted by molar-refractivity contribution is -0.0447. The van der Waals surface area contributed by atoms with Crippen LogP contribution in [-0.2, 0) is 19.3 Å². The van der Waals surface area contributed by atoms with Crippen molar-refractivity contribution in [3.8, 4) is 11.5 Å². The van der Waals surface area contributed by atoms with Gasteiger partial charge in [0.25, 0.3) is 0 Å². The second kappa shape index (κ2) is 11.0. The zero-order chi connectivity index (χ0) is 21.3. The molecule has 0 aliphatic heterocycles. The minimum atomic E-state index is -1.27. The molecule has 0 atom stereocenters. The molecule has 0 aliphatic carbocycles. The molecule has 0 amide bonds. The van der Waals surface area contributed by atoms with Crippen molar-refractivity contribution < 1.29 is 24.2 Å². The van der Waals surface area contributed by atoms with Crippen molar-refractivity contribution in [2.45, 2.75) is 58.7 Å². The Morgan fingerprint density at radius 2 is 1.73 bits per heavy atom. The predicted molar refractivity (Wildman–Crippen MR) is 116 cm³/mol. The number of nitrogens with zero attached hydrogens (tertiary/aromatic N) is 1. The van der Waals surface area contributed by atoms with E-state index < -0.39 is 6.29 Å². The Bertz CT molecular complexity index is 917. The van der Waals surface area contributed by atoms with Crippen molar-refractivity contribution in [3.05, 3.63) is 53.2 Å². The third kappa shape index (κ3) is 5.74. The molecule has 1 heterocycles. The van der Waals surface area contributed by atoms with Gasteiger partial charge in [0.1, 0.15) is 11.5 Å². The highest BCUT2D eigenvalue weighted by Gasteiger charge is 2.15. The number of aliphatic hydroxyl groups excluding tert-OH is 1. The van der Waals surface area contributed by atoms with Gasteiger partial charge in [-0.05, 0) is 49.1 Å². The lowest BCUT2D eigenvalue weighted by Crippen LogP contribution is -2.07. The SMILES string of the molecule is CCCc1c(OCCCOc2ccc(CCC(O)O)cc2)ccc2c(CC)noc12. The molecule has 3 aromatic rings. The van der Waals surface area contributed by atoms with Gasteiger partial charge in [-0.2, -0.15) is 0 Å². The summed E-state index contributed by atoms with van der Waals surface area (Å²) in [5.41, 5.74) is 3.97. The van der Waals surface area contributed by atoms with Crippen molar-refractivity contribution in [2.24, 2.45) is 0 Å². The molecule has 2 N–H and O–H groups in total. The van der Waals surface area contributed by atoms with Crippen LogP contribution in [-0.4, -0.2) is 34.9 Å². The largest absolute Gasteiger partial charge is 0.493 e.